The standard InChI is InChI=1S/C13H24N2O3/c1-17-9-10-4-6-15(7-5-10)13(16)12-3-2-11(8-14)18-12/h10-12H,2-9,14H2,1H3/t11-,12+/m1/s1. The number of hydrogen-bond acceptors (Lipinski definition) is 4. The number of carbonyl (C=O) groups excluding carboxylic acids is 1. The van der Waals surface area contributed by atoms with Crippen LogP contribution in [0.1, 0.15) is 25.7 Å². The number of hydrogen-bond donors (Lipinski definition) is 1. The van der Waals surface area contributed by atoms with Crippen molar-refractivity contribution >= 4 is 5.91 Å². The van der Waals surface area contributed by atoms with Crippen molar-refractivity contribution in [1.82, 2.24) is 4.90 Å². The predicted octanol–water partition coefficient (Wildman–Crippen LogP) is 0.378. The summed E-state index contributed by atoms with van der Waals surface area (Å²) in [7, 11) is 1.73. The van der Waals surface area contributed by atoms with E-state index in [0.717, 1.165) is 45.4 Å². The van der Waals surface area contributed by atoms with E-state index in [-0.39, 0.29) is 18.1 Å². The van der Waals surface area contributed by atoms with Gasteiger partial charge in [0.05, 0.1) is 6.10 Å². The molecule has 5 nitrogen and oxygen atoms in total. The van der Waals surface area contributed by atoms with Crippen molar-refractivity contribution in [3.63, 3.8) is 0 Å². The molecule has 18 heavy (non-hydrogen) atoms. The van der Waals surface area contributed by atoms with E-state index in [1.807, 2.05) is 4.90 Å². The lowest BCUT2D eigenvalue weighted by Gasteiger charge is -2.33. The van der Waals surface area contributed by atoms with Gasteiger partial charge in [0.1, 0.15) is 6.10 Å². The van der Waals surface area contributed by atoms with Crippen molar-refractivity contribution in [2.24, 2.45) is 11.7 Å². The highest BCUT2D eigenvalue weighted by Crippen LogP contribution is 2.24. The Morgan fingerprint density at radius 1 is 1.33 bits per heavy atom. The molecule has 0 unspecified atom stereocenters. The Morgan fingerprint density at radius 3 is 2.61 bits per heavy atom. The molecule has 0 aromatic rings. The van der Waals surface area contributed by atoms with Gasteiger partial charge in [-0.25, -0.2) is 0 Å². The average Bonchev–Trinajstić information content (AvgIpc) is 2.88. The quantitative estimate of drug-likeness (QED) is 0.789. The zero-order valence-electron chi connectivity index (χ0n) is 11.1. The number of nitrogens with two attached hydrogens (primary N) is 1. The summed E-state index contributed by atoms with van der Waals surface area (Å²) in [5.41, 5.74) is 5.56. The van der Waals surface area contributed by atoms with Gasteiger partial charge in [0.2, 0.25) is 0 Å². The van der Waals surface area contributed by atoms with Crippen LogP contribution in [0.15, 0.2) is 0 Å². The maximum absolute atomic E-state index is 12.3. The Bertz CT molecular complexity index is 277. The fraction of sp³-hybridized carbons (Fsp3) is 0.923. The number of nitrogens with zero attached hydrogens (tertiary/aromatic N) is 1. The van der Waals surface area contributed by atoms with Gasteiger partial charge < -0.3 is 20.1 Å². The first-order valence-corrected chi connectivity index (χ1v) is 6.87. The van der Waals surface area contributed by atoms with Crippen molar-refractivity contribution < 1.29 is 14.3 Å². The molecular weight excluding hydrogens is 232 g/mol. The molecule has 0 radical (unpaired) electrons. The molecule has 2 saturated heterocycles. The highest BCUT2D eigenvalue weighted by molar-refractivity contribution is 5.81. The summed E-state index contributed by atoms with van der Waals surface area (Å²) in [6.45, 7) is 2.98. The molecule has 0 aliphatic carbocycles. The van der Waals surface area contributed by atoms with Gasteiger partial charge in [-0.15, -0.1) is 0 Å². The smallest absolute Gasteiger partial charge is 0.251 e. The first-order valence-electron chi connectivity index (χ1n) is 6.87. The van der Waals surface area contributed by atoms with Gasteiger partial charge in [0, 0.05) is 33.4 Å². The van der Waals surface area contributed by atoms with E-state index in [9.17, 15) is 4.79 Å². The molecule has 2 aliphatic heterocycles. The third-order valence-corrected chi connectivity index (χ3v) is 3.97. The van der Waals surface area contributed by atoms with Crippen LogP contribution >= 0.6 is 0 Å². The molecule has 2 atom stereocenters. The van der Waals surface area contributed by atoms with Crippen molar-refractivity contribution in [3.8, 4) is 0 Å². The molecule has 104 valence electrons. The number of carbonyl (C=O) groups is 1. The molecule has 2 aliphatic rings. The minimum atomic E-state index is -0.252. The lowest BCUT2D eigenvalue weighted by molar-refractivity contribution is -0.144. The van der Waals surface area contributed by atoms with Crippen LogP contribution in [0.2, 0.25) is 0 Å². The van der Waals surface area contributed by atoms with Crippen molar-refractivity contribution in [3.05, 3.63) is 0 Å². The van der Waals surface area contributed by atoms with Gasteiger partial charge in [-0.3, -0.25) is 4.79 Å². The Kier molecular flexibility index (Phi) is 4.97. The molecule has 2 fully saturated rings. The van der Waals surface area contributed by atoms with Gasteiger partial charge in [-0.05, 0) is 31.6 Å². The summed E-state index contributed by atoms with van der Waals surface area (Å²) in [5, 5.41) is 0. The Balaban J connectivity index is 1.77. The van der Waals surface area contributed by atoms with Crippen molar-refractivity contribution in [2.45, 2.75) is 37.9 Å². The summed E-state index contributed by atoms with van der Waals surface area (Å²) in [4.78, 5) is 14.2. The van der Waals surface area contributed by atoms with E-state index in [0.29, 0.717) is 12.5 Å². The topological polar surface area (TPSA) is 64.8 Å². The SMILES string of the molecule is COCC1CCN(C(=O)[C@@H]2CC[C@H](CN)O2)CC1. The molecular formula is C13H24N2O3. The van der Waals surface area contributed by atoms with Crippen LogP contribution in [-0.2, 0) is 14.3 Å². The molecule has 2 rings (SSSR count). The van der Waals surface area contributed by atoms with Gasteiger partial charge >= 0.3 is 0 Å². The first kappa shape index (κ1) is 13.8. The Morgan fingerprint density at radius 2 is 2.06 bits per heavy atom. The molecule has 0 aromatic heterocycles. The fourth-order valence-electron chi connectivity index (χ4n) is 2.82. The lowest BCUT2D eigenvalue weighted by Crippen LogP contribution is -2.44. The minimum Gasteiger partial charge on any atom is -0.384 e. The third kappa shape index (κ3) is 3.22. The van der Waals surface area contributed by atoms with E-state index in [1.54, 1.807) is 7.11 Å². The molecule has 0 bridgehead atoms. The maximum Gasteiger partial charge on any atom is 0.251 e. The van der Waals surface area contributed by atoms with Gasteiger partial charge in [0.25, 0.3) is 5.91 Å². The Labute approximate surface area is 109 Å². The molecule has 2 heterocycles. The number of likely N-dealkylation sites (tertiary alicyclic amines) is 1. The summed E-state index contributed by atoms with van der Waals surface area (Å²) >= 11 is 0. The monoisotopic (exact) mass is 256 g/mol. The average molecular weight is 256 g/mol. The van der Waals surface area contributed by atoms with Crippen LogP contribution in [-0.4, -0.2) is 56.4 Å². The van der Waals surface area contributed by atoms with E-state index in [2.05, 4.69) is 0 Å². The van der Waals surface area contributed by atoms with Crippen LogP contribution in [0.4, 0.5) is 0 Å². The van der Waals surface area contributed by atoms with E-state index < -0.39 is 0 Å². The number of piperidine rings is 1. The summed E-state index contributed by atoms with van der Waals surface area (Å²) < 4.78 is 10.8. The summed E-state index contributed by atoms with van der Waals surface area (Å²) in [6.07, 6.45) is 3.62. The largest absolute Gasteiger partial charge is 0.384 e. The molecule has 0 aromatic carbocycles. The van der Waals surface area contributed by atoms with Crippen LogP contribution < -0.4 is 5.73 Å². The van der Waals surface area contributed by atoms with Crippen LogP contribution in [0.25, 0.3) is 0 Å². The van der Waals surface area contributed by atoms with Crippen molar-refractivity contribution in [2.75, 3.05) is 33.4 Å². The molecule has 1 amide bonds. The van der Waals surface area contributed by atoms with E-state index >= 15 is 0 Å². The molecule has 0 saturated carbocycles. The maximum atomic E-state index is 12.3. The number of ether oxygens (including phenoxy) is 2. The highest BCUT2D eigenvalue weighted by Gasteiger charge is 2.34. The number of methoxy groups -OCH3 is 1. The highest BCUT2D eigenvalue weighted by atomic mass is 16.5. The minimum absolute atomic E-state index is 0.0741. The first-order chi connectivity index (χ1) is 8.74. The zero-order chi connectivity index (χ0) is 13.0. The number of rotatable bonds is 4. The van der Waals surface area contributed by atoms with Gasteiger partial charge in [-0.1, -0.05) is 0 Å². The second-order valence-electron chi connectivity index (χ2n) is 5.28. The lowest BCUT2D eigenvalue weighted by atomic mass is 9.97. The van der Waals surface area contributed by atoms with Crippen molar-refractivity contribution in [1.29, 1.82) is 0 Å². The predicted molar refractivity (Wildman–Crippen MR) is 68.1 cm³/mol. The fourth-order valence-corrected chi connectivity index (χ4v) is 2.82. The third-order valence-electron chi connectivity index (χ3n) is 3.97. The number of amides is 1. The van der Waals surface area contributed by atoms with Crippen LogP contribution in [0.3, 0.4) is 0 Å². The zero-order valence-corrected chi connectivity index (χ0v) is 11.1. The second-order valence-corrected chi connectivity index (χ2v) is 5.28. The van der Waals surface area contributed by atoms with Crippen LogP contribution in [0, 0.1) is 5.92 Å². The molecule has 5 heteroatoms. The summed E-state index contributed by atoms with van der Waals surface area (Å²) in [5.74, 6) is 0.752. The van der Waals surface area contributed by atoms with E-state index in [1.165, 1.54) is 0 Å². The molecule has 0 spiro atoms. The van der Waals surface area contributed by atoms with E-state index in [4.69, 9.17) is 15.2 Å². The van der Waals surface area contributed by atoms with Gasteiger partial charge in [0.15, 0.2) is 0 Å². The second kappa shape index (κ2) is 6.50. The van der Waals surface area contributed by atoms with Gasteiger partial charge in [-0.2, -0.15) is 0 Å². The molecule has 2 N–H and O–H groups in total. The summed E-state index contributed by atoms with van der Waals surface area (Å²) in [6, 6.07) is 0. The Hall–Kier alpha value is -0.650. The normalized spacial score (nSPS) is 29.8. The van der Waals surface area contributed by atoms with Crippen LogP contribution in [0.5, 0.6) is 0 Å².